The number of nitrogens with zero attached hydrogens (tertiary/aromatic N) is 1. The molecule has 3 aromatic rings. The smallest absolute Gasteiger partial charge is 0.287 e. The summed E-state index contributed by atoms with van der Waals surface area (Å²) in [5.41, 5.74) is 1.22. The summed E-state index contributed by atoms with van der Waals surface area (Å²) in [5.74, 6) is 0.266. The number of carbonyl (C=O) groups is 1. The van der Waals surface area contributed by atoms with E-state index in [-0.39, 0.29) is 17.9 Å². The van der Waals surface area contributed by atoms with Gasteiger partial charge in [0.15, 0.2) is 0 Å². The third-order valence-electron chi connectivity index (χ3n) is 6.29. The van der Waals surface area contributed by atoms with Gasteiger partial charge in [0.1, 0.15) is 4.83 Å². The number of amides is 1. The molecule has 1 saturated carbocycles. The van der Waals surface area contributed by atoms with Crippen molar-refractivity contribution in [2.24, 2.45) is 11.8 Å². The van der Waals surface area contributed by atoms with Gasteiger partial charge in [-0.3, -0.25) is 9.59 Å². The minimum Gasteiger partial charge on any atom is -0.376 e. The van der Waals surface area contributed by atoms with Crippen LogP contribution in [0.25, 0.3) is 10.2 Å². The second kappa shape index (κ2) is 11.8. The van der Waals surface area contributed by atoms with Gasteiger partial charge in [-0.15, -0.1) is 11.3 Å². The summed E-state index contributed by atoms with van der Waals surface area (Å²) in [7, 11) is -3.15. The van der Waals surface area contributed by atoms with Crippen molar-refractivity contribution in [1.29, 1.82) is 0 Å². The molecule has 0 bridgehead atoms. The van der Waals surface area contributed by atoms with E-state index in [1.165, 1.54) is 17.6 Å². The zero-order valence-corrected chi connectivity index (χ0v) is 22.3. The largest absolute Gasteiger partial charge is 0.376 e. The molecule has 0 saturated heterocycles. The van der Waals surface area contributed by atoms with Crippen molar-refractivity contribution in [1.82, 2.24) is 20.0 Å². The molecule has 0 atom stereocenters. The predicted molar refractivity (Wildman–Crippen MR) is 141 cm³/mol. The quantitative estimate of drug-likeness (QED) is 0.353. The maximum atomic E-state index is 12.7. The number of aromatic nitrogens is 2. The summed E-state index contributed by atoms with van der Waals surface area (Å²) in [4.78, 5) is 32.7. The Labute approximate surface area is 218 Å². The van der Waals surface area contributed by atoms with Crippen molar-refractivity contribution in [2.45, 2.75) is 38.8 Å². The number of aromatic amines is 1. The van der Waals surface area contributed by atoms with Crippen molar-refractivity contribution in [2.75, 3.05) is 19.4 Å². The van der Waals surface area contributed by atoms with Crippen LogP contribution in [0, 0.1) is 11.8 Å². The number of carbonyl (C=O) groups excluding carboxylic acids is 1. The van der Waals surface area contributed by atoms with E-state index in [1.807, 2.05) is 11.4 Å². The van der Waals surface area contributed by atoms with Gasteiger partial charge in [0.25, 0.3) is 11.5 Å². The topological polar surface area (TPSA) is 130 Å². The molecule has 36 heavy (non-hydrogen) atoms. The van der Waals surface area contributed by atoms with Gasteiger partial charge in [0.05, 0.1) is 18.2 Å². The Morgan fingerprint density at radius 3 is 2.72 bits per heavy atom. The number of benzene rings is 1. The number of rotatable bonds is 10. The number of thiophene rings is 1. The van der Waals surface area contributed by atoms with E-state index in [0.29, 0.717) is 46.8 Å². The molecule has 1 aliphatic rings. The summed E-state index contributed by atoms with van der Waals surface area (Å²) in [6.45, 7) is 1.63. The lowest BCUT2D eigenvalue weighted by Crippen LogP contribution is -2.31. The fourth-order valence-electron chi connectivity index (χ4n) is 4.34. The summed E-state index contributed by atoms with van der Waals surface area (Å²) < 4.78 is 31.1. The van der Waals surface area contributed by atoms with Gasteiger partial charge in [0.2, 0.25) is 15.8 Å². The number of hydrogen-bond acceptors (Lipinski definition) is 7. The Kier molecular flexibility index (Phi) is 8.78. The summed E-state index contributed by atoms with van der Waals surface area (Å²) in [6.07, 6.45) is 5.07. The molecule has 4 rings (SSSR count). The molecule has 194 valence electrons. The zero-order chi connectivity index (χ0) is 25.7. The van der Waals surface area contributed by atoms with Crippen molar-refractivity contribution in [3.05, 3.63) is 62.0 Å². The van der Waals surface area contributed by atoms with E-state index >= 15 is 0 Å². The number of ether oxygens (including phenoxy) is 1. The van der Waals surface area contributed by atoms with Crippen LogP contribution in [0.3, 0.4) is 0 Å². The van der Waals surface area contributed by atoms with Crippen molar-refractivity contribution >= 4 is 49.1 Å². The molecule has 9 nitrogen and oxygen atoms in total. The van der Waals surface area contributed by atoms with Gasteiger partial charge in [-0.25, -0.2) is 18.1 Å². The first-order valence-corrected chi connectivity index (χ1v) is 14.9. The lowest BCUT2D eigenvalue weighted by Gasteiger charge is -2.28. The second-order valence-corrected chi connectivity index (χ2v) is 12.3. The molecule has 0 radical (unpaired) electrons. The maximum absolute atomic E-state index is 12.7. The van der Waals surface area contributed by atoms with Crippen LogP contribution in [0.5, 0.6) is 0 Å². The van der Waals surface area contributed by atoms with E-state index in [0.717, 1.165) is 36.8 Å². The molecule has 1 amide bonds. The van der Waals surface area contributed by atoms with Gasteiger partial charge < -0.3 is 15.0 Å². The van der Waals surface area contributed by atoms with Crippen LogP contribution in [0.2, 0.25) is 5.02 Å². The third kappa shape index (κ3) is 7.36. The van der Waals surface area contributed by atoms with Crippen molar-refractivity contribution in [3.8, 4) is 0 Å². The van der Waals surface area contributed by atoms with Crippen LogP contribution >= 0.6 is 22.9 Å². The van der Waals surface area contributed by atoms with Gasteiger partial charge in [-0.05, 0) is 60.6 Å². The second-order valence-electron chi connectivity index (χ2n) is 9.19. The number of nitrogens with one attached hydrogen (secondary N) is 3. The van der Waals surface area contributed by atoms with Crippen LogP contribution < -0.4 is 15.6 Å². The first-order valence-electron chi connectivity index (χ1n) is 11.7. The lowest BCUT2D eigenvalue weighted by atomic mass is 9.82. The van der Waals surface area contributed by atoms with E-state index in [2.05, 4.69) is 20.0 Å². The van der Waals surface area contributed by atoms with E-state index < -0.39 is 15.9 Å². The Balaban J connectivity index is 1.29. The average Bonchev–Trinajstić information content (AvgIpc) is 3.25. The van der Waals surface area contributed by atoms with Crippen LogP contribution in [0.15, 0.2) is 34.4 Å². The first kappa shape index (κ1) is 26.7. The molecule has 1 aliphatic carbocycles. The molecule has 0 aliphatic heterocycles. The number of fused-ring (bicyclic) bond motifs is 1. The normalized spacial score (nSPS) is 18.4. The molecule has 2 aromatic heterocycles. The Hall–Kier alpha value is -2.31. The minimum absolute atomic E-state index is 0.0361. The van der Waals surface area contributed by atoms with Gasteiger partial charge >= 0.3 is 0 Å². The van der Waals surface area contributed by atoms with Gasteiger partial charge in [0, 0.05) is 30.3 Å². The van der Waals surface area contributed by atoms with E-state index in [9.17, 15) is 18.0 Å². The molecular weight excluding hydrogens is 524 g/mol. The molecule has 1 fully saturated rings. The Morgan fingerprint density at radius 1 is 1.25 bits per heavy atom. The maximum Gasteiger partial charge on any atom is 0.287 e. The van der Waals surface area contributed by atoms with Crippen molar-refractivity contribution in [3.63, 3.8) is 0 Å². The monoisotopic (exact) mass is 552 g/mol. The first-order chi connectivity index (χ1) is 17.2. The van der Waals surface area contributed by atoms with Gasteiger partial charge in [-0.1, -0.05) is 23.7 Å². The molecule has 1 aromatic carbocycles. The highest BCUT2D eigenvalue weighted by Gasteiger charge is 2.22. The summed E-state index contributed by atoms with van der Waals surface area (Å²) in [5, 5.41) is 5.62. The third-order valence-corrected chi connectivity index (χ3v) is 8.14. The summed E-state index contributed by atoms with van der Waals surface area (Å²) >= 11 is 7.28. The molecule has 12 heteroatoms. The van der Waals surface area contributed by atoms with Gasteiger partial charge in [-0.2, -0.15) is 0 Å². The lowest BCUT2D eigenvalue weighted by molar-refractivity contribution is 0.0681. The standard InChI is InChI=1S/C24H29ClN4O5S2/c1-36(32,33)27-11-15-5-7-16(8-6-15)12-34-13-18-14-35-24-20(18)22(30)28-21(29-24)23(31)26-10-17-3-2-4-19(25)9-17/h2-4,9,14-16,27H,5-8,10-13H2,1H3,(H,26,31)(H,28,29,30). The van der Waals surface area contributed by atoms with Crippen LogP contribution in [0.4, 0.5) is 0 Å². The fourth-order valence-corrected chi connectivity index (χ4v) is 6.02. The summed E-state index contributed by atoms with van der Waals surface area (Å²) in [6, 6.07) is 7.16. The average molecular weight is 553 g/mol. The van der Waals surface area contributed by atoms with E-state index in [4.69, 9.17) is 16.3 Å². The number of sulfonamides is 1. The zero-order valence-electron chi connectivity index (χ0n) is 19.9. The van der Waals surface area contributed by atoms with Crippen LogP contribution in [-0.2, 0) is 27.9 Å². The Bertz CT molecular complexity index is 1380. The van der Waals surface area contributed by atoms with E-state index in [1.54, 1.807) is 18.2 Å². The highest BCUT2D eigenvalue weighted by atomic mass is 35.5. The number of H-pyrrole nitrogens is 1. The molecule has 0 spiro atoms. The highest BCUT2D eigenvalue weighted by Crippen LogP contribution is 2.29. The minimum atomic E-state index is -3.15. The fraction of sp³-hybridized carbons (Fsp3) is 0.458. The predicted octanol–water partition coefficient (Wildman–Crippen LogP) is 3.44. The number of halogens is 1. The Morgan fingerprint density at radius 2 is 2.00 bits per heavy atom. The van der Waals surface area contributed by atoms with Crippen LogP contribution in [0.1, 0.15) is 47.4 Å². The molecule has 2 heterocycles. The molecular formula is C24H29ClN4O5S2. The molecule has 0 unspecified atom stereocenters. The number of hydrogen-bond donors (Lipinski definition) is 3. The van der Waals surface area contributed by atoms with Crippen LogP contribution in [-0.4, -0.2) is 43.7 Å². The SMILES string of the molecule is CS(=O)(=O)NCC1CCC(COCc2csc3nc(C(=O)NCc4cccc(Cl)c4)[nH]c(=O)c23)CC1. The molecule has 3 N–H and O–H groups in total. The van der Waals surface area contributed by atoms with Crippen molar-refractivity contribution < 1.29 is 17.9 Å². The highest BCUT2D eigenvalue weighted by molar-refractivity contribution is 7.88.